The number of hydrogen-bond donors (Lipinski definition) is 0. The Hall–Kier alpha value is -3.48. The highest BCUT2D eigenvalue weighted by atomic mass is 16.6. The first kappa shape index (κ1) is 19.3. The lowest BCUT2D eigenvalue weighted by Crippen LogP contribution is -2.54. The van der Waals surface area contributed by atoms with Crippen molar-refractivity contribution in [1.82, 2.24) is 4.98 Å². The average molecular weight is 380 g/mol. The molecule has 0 bridgehead atoms. The van der Waals surface area contributed by atoms with E-state index in [0.717, 1.165) is 5.56 Å². The van der Waals surface area contributed by atoms with Crippen molar-refractivity contribution in [3.8, 4) is 0 Å². The summed E-state index contributed by atoms with van der Waals surface area (Å²) < 4.78 is 10.3. The highest BCUT2D eigenvalue weighted by molar-refractivity contribution is 6.06. The lowest BCUT2D eigenvalue weighted by molar-refractivity contribution is -0.136. The SMILES string of the molecule is C=CCN(C(=O)[C@]1(C)Cc2ccccc2C(=O)O1)c1ncccc1C(=O)OC. The molecule has 1 aliphatic heterocycles. The lowest BCUT2D eigenvalue weighted by atomic mass is 9.88. The molecule has 1 aromatic heterocycles. The second kappa shape index (κ2) is 7.64. The van der Waals surface area contributed by atoms with Crippen LogP contribution in [0.3, 0.4) is 0 Å². The van der Waals surface area contributed by atoms with Crippen LogP contribution in [0, 0.1) is 0 Å². The van der Waals surface area contributed by atoms with Gasteiger partial charge in [0.2, 0.25) is 0 Å². The summed E-state index contributed by atoms with van der Waals surface area (Å²) in [5, 5.41) is 0. The molecule has 1 aromatic carbocycles. The molecule has 2 aromatic rings. The standard InChI is InChI=1S/C21H20N2O5/c1-4-12-23(17-16(18(24)27-3)10-7-11-22-17)20(26)21(2)13-14-8-5-6-9-15(14)19(25)28-21/h4-11H,1,12-13H2,2-3H3/t21-/m0/s1. The van der Waals surface area contributed by atoms with Crippen LogP contribution in [0.15, 0.2) is 55.3 Å². The molecular formula is C21H20N2O5. The molecule has 0 N–H and O–H groups in total. The Bertz CT molecular complexity index is 955. The average Bonchev–Trinajstić information content (AvgIpc) is 2.71. The van der Waals surface area contributed by atoms with Gasteiger partial charge in [-0.2, -0.15) is 0 Å². The van der Waals surface area contributed by atoms with Gasteiger partial charge in [0.1, 0.15) is 11.4 Å². The van der Waals surface area contributed by atoms with Gasteiger partial charge in [-0.15, -0.1) is 6.58 Å². The van der Waals surface area contributed by atoms with Crippen molar-refractivity contribution in [2.75, 3.05) is 18.6 Å². The van der Waals surface area contributed by atoms with Gasteiger partial charge in [0, 0.05) is 19.2 Å². The maximum Gasteiger partial charge on any atom is 0.341 e. The fourth-order valence-electron chi connectivity index (χ4n) is 3.21. The zero-order valence-corrected chi connectivity index (χ0v) is 15.7. The maximum absolute atomic E-state index is 13.4. The summed E-state index contributed by atoms with van der Waals surface area (Å²) in [7, 11) is 1.25. The Labute approximate surface area is 162 Å². The smallest absolute Gasteiger partial charge is 0.341 e. The van der Waals surface area contributed by atoms with Gasteiger partial charge in [0.05, 0.1) is 12.7 Å². The summed E-state index contributed by atoms with van der Waals surface area (Å²) in [5.74, 6) is -1.57. The van der Waals surface area contributed by atoms with Crippen LogP contribution in [0.2, 0.25) is 0 Å². The molecule has 0 aliphatic carbocycles. The zero-order valence-electron chi connectivity index (χ0n) is 15.7. The van der Waals surface area contributed by atoms with Crippen molar-refractivity contribution in [3.05, 3.63) is 71.9 Å². The van der Waals surface area contributed by atoms with Crippen molar-refractivity contribution in [2.45, 2.75) is 18.9 Å². The highest BCUT2D eigenvalue weighted by Gasteiger charge is 2.45. The van der Waals surface area contributed by atoms with Gasteiger partial charge in [-0.05, 0) is 30.7 Å². The van der Waals surface area contributed by atoms with Gasteiger partial charge < -0.3 is 9.47 Å². The molecule has 0 fully saturated rings. The van der Waals surface area contributed by atoms with E-state index in [4.69, 9.17) is 9.47 Å². The van der Waals surface area contributed by atoms with E-state index in [1.165, 1.54) is 30.3 Å². The molecule has 1 aliphatic rings. The van der Waals surface area contributed by atoms with Crippen LogP contribution in [-0.2, 0) is 20.7 Å². The van der Waals surface area contributed by atoms with Crippen molar-refractivity contribution in [3.63, 3.8) is 0 Å². The fourth-order valence-corrected chi connectivity index (χ4v) is 3.21. The summed E-state index contributed by atoms with van der Waals surface area (Å²) in [5.41, 5.74) is -0.149. The van der Waals surface area contributed by atoms with Crippen molar-refractivity contribution in [1.29, 1.82) is 0 Å². The number of nitrogens with zero attached hydrogens (tertiary/aromatic N) is 2. The predicted molar refractivity (Wildman–Crippen MR) is 102 cm³/mol. The van der Waals surface area contributed by atoms with Crippen molar-refractivity contribution >= 4 is 23.7 Å². The van der Waals surface area contributed by atoms with Crippen LogP contribution in [0.5, 0.6) is 0 Å². The van der Waals surface area contributed by atoms with Gasteiger partial charge in [0.15, 0.2) is 5.60 Å². The molecule has 1 amide bonds. The predicted octanol–water partition coefficient (Wildman–Crippen LogP) is 2.56. The molecule has 3 rings (SSSR count). The summed E-state index contributed by atoms with van der Waals surface area (Å²) in [6, 6.07) is 10.1. The number of fused-ring (bicyclic) bond motifs is 1. The maximum atomic E-state index is 13.4. The molecule has 1 atom stereocenters. The third-order valence-corrected chi connectivity index (χ3v) is 4.54. The second-order valence-electron chi connectivity index (χ2n) is 6.52. The van der Waals surface area contributed by atoms with Crippen molar-refractivity contribution < 1.29 is 23.9 Å². The van der Waals surface area contributed by atoms with Gasteiger partial charge >= 0.3 is 11.9 Å². The number of carbonyl (C=O) groups is 3. The Morgan fingerprint density at radius 2 is 2.07 bits per heavy atom. The van der Waals surface area contributed by atoms with E-state index < -0.39 is 23.4 Å². The first-order chi connectivity index (χ1) is 13.4. The number of hydrogen-bond acceptors (Lipinski definition) is 6. The Kier molecular flexibility index (Phi) is 5.26. The number of carbonyl (C=O) groups excluding carboxylic acids is 3. The molecule has 28 heavy (non-hydrogen) atoms. The summed E-state index contributed by atoms with van der Waals surface area (Å²) in [6.45, 7) is 5.31. The number of rotatable bonds is 5. The third-order valence-electron chi connectivity index (χ3n) is 4.54. The molecule has 0 spiro atoms. The van der Waals surface area contributed by atoms with Crippen LogP contribution in [0.4, 0.5) is 5.82 Å². The van der Waals surface area contributed by atoms with Crippen LogP contribution >= 0.6 is 0 Å². The molecule has 2 heterocycles. The third kappa shape index (κ3) is 3.38. The fraction of sp³-hybridized carbons (Fsp3) is 0.238. The van der Waals surface area contributed by atoms with E-state index in [1.807, 2.05) is 0 Å². The van der Waals surface area contributed by atoms with E-state index in [2.05, 4.69) is 11.6 Å². The minimum atomic E-state index is -1.45. The minimum Gasteiger partial charge on any atom is -0.465 e. The molecule has 7 heteroatoms. The Balaban J connectivity index is 2.03. The van der Waals surface area contributed by atoms with E-state index in [1.54, 1.807) is 37.3 Å². The van der Waals surface area contributed by atoms with E-state index in [9.17, 15) is 14.4 Å². The van der Waals surface area contributed by atoms with Gasteiger partial charge in [0.25, 0.3) is 5.91 Å². The first-order valence-electron chi connectivity index (χ1n) is 8.68. The van der Waals surface area contributed by atoms with E-state index in [-0.39, 0.29) is 24.3 Å². The Morgan fingerprint density at radius 3 is 2.79 bits per heavy atom. The molecule has 0 radical (unpaired) electrons. The van der Waals surface area contributed by atoms with Crippen LogP contribution in [-0.4, -0.2) is 42.1 Å². The summed E-state index contributed by atoms with van der Waals surface area (Å²) in [6.07, 6.45) is 3.19. The van der Waals surface area contributed by atoms with Gasteiger partial charge in [-0.1, -0.05) is 24.3 Å². The summed E-state index contributed by atoms with van der Waals surface area (Å²) in [4.78, 5) is 43.5. The molecule has 7 nitrogen and oxygen atoms in total. The van der Waals surface area contributed by atoms with Gasteiger partial charge in [-0.25, -0.2) is 14.6 Å². The number of anilines is 1. The monoisotopic (exact) mass is 380 g/mol. The van der Waals surface area contributed by atoms with E-state index >= 15 is 0 Å². The second-order valence-corrected chi connectivity index (χ2v) is 6.52. The largest absolute Gasteiger partial charge is 0.465 e. The van der Waals surface area contributed by atoms with Crippen molar-refractivity contribution in [2.24, 2.45) is 0 Å². The van der Waals surface area contributed by atoms with Gasteiger partial charge in [-0.3, -0.25) is 9.69 Å². The quantitative estimate of drug-likeness (QED) is 0.585. The van der Waals surface area contributed by atoms with E-state index in [0.29, 0.717) is 5.56 Å². The number of pyridine rings is 1. The molecule has 0 saturated heterocycles. The number of ether oxygens (including phenoxy) is 2. The minimum absolute atomic E-state index is 0.0780. The number of methoxy groups -OCH3 is 1. The summed E-state index contributed by atoms with van der Waals surface area (Å²) >= 11 is 0. The first-order valence-corrected chi connectivity index (χ1v) is 8.68. The number of amides is 1. The number of benzene rings is 1. The lowest BCUT2D eigenvalue weighted by Gasteiger charge is -2.36. The van der Waals surface area contributed by atoms with Crippen LogP contribution in [0.25, 0.3) is 0 Å². The number of cyclic esters (lactones) is 1. The topological polar surface area (TPSA) is 85.8 Å². The zero-order chi connectivity index (χ0) is 20.3. The molecule has 0 unspecified atom stereocenters. The number of aromatic nitrogens is 1. The van der Waals surface area contributed by atoms with Crippen LogP contribution in [0.1, 0.15) is 33.2 Å². The molecule has 144 valence electrons. The highest BCUT2D eigenvalue weighted by Crippen LogP contribution is 2.31. The Morgan fingerprint density at radius 1 is 1.32 bits per heavy atom. The number of esters is 2. The van der Waals surface area contributed by atoms with Crippen LogP contribution < -0.4 is 4.90 Å². The normalized spacial score (nSPS) is 17.9. The molecule has 0 saturated carbocycles. The molecular weight excluding hydrogens is 360 g/mol.